The molecule has 0 aliphatic rings. The van der Waals surface area contributed by atoms with Crippen molar-refractivity contribution >= 4 is 23.6 Å². The predicted molar refractivity (Wildman–Crippen MR) is 104 cm³/mol. The van der Waals surface area contributed by atoms with Gasteiger partial charge < -0.3 is 15.4 Å². The Morgan fingerprint density at radius 3 is 2.50 bits per heavy atom. The summed E-state index contributed by atoms with van der Waals surface area (Å²) in [5.74, 6) is 0.501. The first kappa shape index (κ1) is 19.2. The Kier molecular flexibility index (Phi) is 6.97. The van der Waals surface area contributed by atoms with Crippen LogP contribution in [0.4, 0.5) is 5.69 Å². The highest BCUT2D eigenvalue weighted by atomic mass is 16.5. The molecule has 0 bridgehead atoms. The number of ether oxygens (including phenoxy) is 1. The van der Waals surface area contributed by atoms with E-state index in [2.05, 4.69) is 10.6 Å². The largest absolute Gasteiger partial charge is 0.497 e. The number of anilines is 1. The standard InChI is InChI=1S/C21H24N2O3/c1-15(2)22-21(25)14-17-7-10-18(11-8-17)23-20(24)12-9-16-5-4-6-19(13-16)26-3/h4-13,15H,14H2,1-3H3,(H,22,25)(H,23,24)/b12-9+. The fourth-order valence-corrected chi connectivity index (χ4v) is 2.37. The lowest BCUT2D eigenvalue weighted by Gasteiger charge is -2.09. The summed E-state index contributed by atoms with van der Waals surface area (Å²) in [6, 6.07) is 14.8. The molecule has 0 fully saturated rings. The molecule has 0 heterocycles. The number of carbonyl (C=O) groups excluding carboxylic acids is 2. The quantitative estimate of drug-likeness (QED) is 0.751. The summed E-state index contributed by atoms with van der Waals surface area (Å²) < 4.78 is 5.15. The van der Waals surface area contributed by atoms with Crippen LogP contribution in [0.2, 0.25) is 0 Å². The molecule has 0 aliphatic heterocycles. The molecule has 2 amide bonds. The summed E-state index contributed by atoms with van der Waals surface area (Å²) in [5.41, 5.74) is 2.46. The molecule has 0 unspecified atom stereocenters. The SMILES string of the molecule is COc1cccc(/C=C/C(=O)Nc2ccc(CC(=O)NC(C)C)cc2)c1. The van der Waals surface area contributed by atoms with Gasteiger partial charge in [0, 0.05) is 17.8 Å². The third-order valence-electron chi connectivity index (χ3n) is 3.56. The maximum Gasteiger partial charge on any atom is 0.248 e. The number of nitrogens with one attached hydrogen (secondary N) is 2. The Morgan fingerprint density at radius 1 is 1.12 bits per heavy atom. The first-order valence-electron chi connectivity index (χ1n) is 8.47. The molecule has 0 aliphatic carbocycles. The summed E-state index contributed by atoms with van der Waals surface area (Å²) in [6.07, 6.45) is 3.52. The van der Waals surface area contributed by atoms with Crippen LogP contribution in [0, 0.1) is 0 Å². The summed E-state index contributed by atoms with van der Waals surface area (Å²) in [6.45, 7) is 3.85. The van der Waals surface area contributed by atoms with Crippen LogP contribution in [0.1, 0.15) is 25.0 Å². The summed E-state index contributed by atoms with van der Waals surface area (Å²) >= 11 is 0. The van der Waals surface area contributed by atoms with Gasteiger partial charge in [-0.05, 0) is 55.3 Å². The van der Waals surface area contributed by atoms with Crippen LogP contribution in [-0.4, -0.2) is 25.0 Å². The van der Waals surface area contributed by atoms with Gasteiger partial charge in [0.25, 0.3) is 0 Å². The van der Waals surface area contributed by atoms with Crippen LogP contribution in [0.5, 0.6) is 5.75 Å². The van der Waals surface area contributed by atoms with Crippen molar-refractivity contribution in [3.63, 3.8) is 0 Å². The van der Waals surface area contributed by atoms with Crippen molar-refractivity contribution in [1.82, 2.24) is 5.32 Å². The lowest BCUT2D eigenvalue weighted by molar-refractivity contribution is -0.121. The second kappa shape index (κ2) is 9.42. The second-order valence-corrected chi connectivity index (χ2v) is 6.20. The Bertz CT molecular complexity index is 780. The van der Waals surface area contributed by atoms with Crippen LogP contribution in [-0.2, 0) is 16.0 Å². The fourth-order valence-electron chi connectivity index (χ4n) is 2.37. The lowest BCUT2D eigenvalue weighted by Crippen LogP contribution is -2.31. The number of rotatable bonds is 7. The minimum atomic E-state index is -0.224. The molecule has 0 atom stereocenters. The number of carbonyl (C=O) groups is 2. The van der Waals surface area contributed by atoms with E-state index >= 15 is 0 Å². The topological polar surface area (TPSA) is 67.4 Å². The van der Waals surface area contributed by atoms with Gasteiger partial charge in [-0.1, -0.05) is 24.3 Å². The first-order chi connectivity index (χ1) is 12.5. The maximum atomic E-state index is 12.0. The highest BCUT2D eigenvalue weighted by Crippen LogP contribution is 2.14. The first-order valence-corrected chi connectivity index (χ1v) is 8.47. The molecule has 2 aromatic carbocycles. The van der Waals surface area contributed by atoms with Gasteiger partial charge in [0.2, 0.25) is 11.8 Å². The minimum absolute atomic E-state index is 0.0157. The number of hydrogen-bond acceptors (Lipinski definition) is 3. The zero-order valence-electron chi connectivity index (χ0n) is 15.3. The van der Waals surface area contributed by atoms with E-state index in [1.807, 2.05) is 50.2 Å². The zero-order chi connectivity index (χ0) is 18.9. The fraction of sp³-hybridized carbons (Fsp3) is 0.238. The summed E-state index contributed by atoms with van der Waals surface area (Å²) in [5, 5.41) is 5.65. The number of benzene rings is 2. The van der Waals surface area contributed by atoms with Crippen molar-refractivity contribution in [2.75, 3.05) is 12.4 Å². The molecule has 0 saturated heterocycles. The molecule has 2 aromatic rings. The average molecular weight is 352 g/mol. The van der Waals surface area contributed by atoms with Gasteiger partial charge >= 0.3 is 0 Å². The van der Waals surface area contributed by atoms with Gasteiger partial charge in [-0.15, -0.1) is 0 Å². The van der Waals surface area contributed by atoms with Crippen molar-refractivity contribution in [3.05, 3.63) is 65.7 Å². The lowest BCUT2D eigenvalue weighted by atomic mass is 10.1. The molecule has 5 nitrogen and oxygen atoms in total. The predicted octanol–water partition coefficient (Wildman–Crippen LogP) is 3.41. The highest BCUT2D eigenvalue weighted by molar-refractivity contribution is 6.01. The van der Waals surface area contributed by atoms with E-state index < -0.39 is 0 Å². The van der Waals surface area contributed by atoms with Crippen molar-refractivity contribution in [1.29, 1.82) is 0 Å². The minimum Gasteiger partial charge on any atom is -0.497 e. The molecule has 26 heavy (non-hydrogen) atoms. The third-order valence-corrected chi connectivity index (χ3v) is 3.56. The highest BCUT2D eigenvalue weighted by Gasteiger charge is 2.05. The van der Waals surface area contributed by atoms with Crippen LogP contribution < -0.4 is 15.4 Å². The molecule has 136 valence electrons. The Morgan fingerprint density at radius 2 is 1.85 bits per heavy atom. The maximum absolute atomic E-state index is 12.0. The number of methoxy groups -OCH3 is 1. The third kappa shape index (κ3) is 6.43. The van der Waals surface area contributed by atoms with Gasteiger partial charge in [0.15, 0.2) is 0 Å². The van der Waals surface area contributed by atoms with Crippen molar-refractivity contribution < 1.29 is 14.3 Å². The van der Waals surface area contributed by atoms with Crippen LogP contribution >= 0.6 is 0 Å². The Labute approximate surface area is 154 Å². The second-order valence-electron chi connectivity index (χ2n) is 6.20. The summed E-state index contributed by atoms with van der Waals surface area (Å²) in [4.78, 5) is 23.8. The average Bonchev–Trinajstić information content (AvgIpc) is 2.61. The normalized spacial score (nSPS) is 10.8. The van der Waals surface area contributed by atoms with Gasteiger partial charge in [-0.3, -0.25) is 9.59 Å². The molecular formula is C21H24N2O3. The molecular weight excluding hydrogens is 328 g/mol. The van der Waals surface area contributed by atoms with Gasteiger partial charge in [-0.2, -0.15) is 0 Å². The van der Waals surface area contributed by atoms with Crippen molar-refractivity contribution in [2.24, 2.45) is 0 Å². The molecule has 0 saturated carbocycles. The smallest absolute Gasteiger partial charge is 0.248 e. The van der Waals surface area contributed by atoms with Crippen LogP contribution in [0.25, 0.3) is 6.08 Å². The molecule has 2 rings (SSSR count). The van der Waals surface area contributed by atoms with E-state index in [1.54, 1.807) is 25.3 Å². The van der Waals surface area contributed by atoms with Crippen molar-refractivity contribution in [2.45, 2.75) is 26.3 Å². The monoisotopic (exact) mass is 352 g/mol. The zero-order valence-corrected chi connectivity index (χ0v) is 15.3. The molecule has 0 radical (unpaired) electrons. The van der Waals surface area contributed by atoms with E-state index in [1.165, 1.54) is 6.08 Å². The van der Waals surface area contributed by atoms with Gasteiger partial charge in [0.1, 0.15) is 5.75 Å². The van der Waals surface area contributed by atoms with E-state index in [0.717, 1.165) is 16.9 Å². The van der Waals surface area contributed by atoms with Gasteiger partial charge in [0.05, 0.1) is 13.5 Å². The van der Waals surface area contributed by atoms with E-state index in [9.17, 15) is 9.59 Å². The molecule has 0 spiro atoms. The summed E-state index contributed by atoms with van der Waals surface area (Å²) in [7, 11) is 1.60. The van der Waals surface area contributed by atoms with Crippen LogP contribution in [0.15, 0.2) is 54.6 Å². The van der Waals surface area contributed by atoms with Gasteiger partial charge in [-0.25, -0.2) is 0 Å². The molecule has 2 N–H and O–H groups in total. The molecule has 5 heteroatoms. The van der Waals surface area contributed by atoms with E-state index in [-0.39, 0.29) is 17.9 Å². The van der Waals surface area contributed by atoms with Crippen molar-refractivity contribution in [3.8, 4) is 5.75 Å². The number of hydrogen-bond donors (Lipinski definition) is 2. The Balaban J connectivity index is 1.90. The molecule has 0 aromatic heterocycles. The Hall–Kier alpha value is -3.08. The number of amides is 2. The van der Waals surface area contributed by atoms with E-state index in [0.29, 0.717) is 12.1 Å². The van der Waals surface area contributed by atoms with Crippen LogP contribution in [0.3, 0.4) is 0 Å². The van der Waals surface area contributed by atoms with E-state index in [4.69, 9.17) is 4.74 Å².